The van der Waals surface area contributed by atoms with E-state index < -0.39 is 0 Å². The Balaban J connectivity index is 2.21. The molecular weight excluding hydrogens is 238 g/mol. The van der Waals surface area contributed by atoms with Crippen molar-refractivity contribution in [2.75, 3.05) is 6.54 Å². The van der Waals surface area contributed by atoms with Crippen molar-refractivity contribution in [3.05, 3.63) is 35.7 Å². The third kappa shape index (κ3) is 3.04. The van der Waals surface area contributed by atoms with Crippen molar-refractivity contribution in [3.8, 4) is 0 Å². The van der Waals surface area contributed by atoms with Gasteiger partial charge < -0.3 is 9.88 Å². The summed E-state index contributed by atoms with van der Waals surface area (Å²) in [6.07, 6.45) is 5.69. The lowest BCUT2D eigenvalue weighted by Crippen LogP contribution is -2.25. The summed E-state index contributed by atoms with van der Waals surface area (Å²) < 4.78 is 4.06. The first-order valence-corrected chi connectivity index (χ1v) is 6.87. The molecule has 1 N–H and O–H groups in total. The summed E-state index contributed by atoms with van der Waals surface area (Å²) >= 11 is 0. The van der Waals surface area contributed by atoms with Gasteiger partial charge in [-0.05, 0) is 19.0 Å². The molecule has 1 unspecified atom stereocenters. The van der Waals surface area contributed by atoms with E-state index in [2.05, 4.69) is 39.9 Å². The summed E-state index contributed by atoms with van der Waals surface area (Å²) in [5.74, 6) is 0. The first-order chi connectivity index (χ1) is 9.15. The third-order valence-electron chi connectivity index (χ3n) is 3.46. The van der Waals surface area contributed by atoms with Crippen LogP contribution in [-0.4, -0.2) is 25.9 Å². The van der Waals surface area contributed by atoms with Crippen molar-refractivity contribution >= 4 is 0 Å². The number of rotatable bonds is 6. The molecule has 19 heavy (non-hydrogen) atoms. The van der Waals surface area contributed by atoms with E-state index in [0.29, 0.717) is 0 Å². The summed E-state index contributed by atoms with van der Waals surface area (Å²) in [4.78, 5) is 4.21. The average molecular weight is 261 g/mol. The van der Waals surface area contributed by atoms with Gasteiger partial charge in [0.2, 0.25) is 0 Å². The first kappa shape index (κ1) is 13.8. The first-order valence-electron chi connectivity index (χ1n) is 6.87. The van der Waals surface area contributed by atoms with Crippen LogP contribution in [0.2, 0.25) is 0 Å². The second kappa shape index (κ2) is 6.02. The molecule has 0 amide bonds. The molecule has 0 aliphatic rings. The van der Waals surface area contributed by atoms with Crippen LogP contribution in [0.15, 0.2) is 18.6 Å². The molecule has 0 fully saturated rings. The van der Waals surface area contributed by atoms with Crippen LogP contribution in [0, 0.1) is 0 Å². The predicted octanol–water partition coefficient (Wildman–Crippen LogP) is 1.61. The zero-order chi connectivity index (χ0) is 13.8. The minimum Gasteiger partial charge on any atom is -0.336 e. The van der Waals surface area contributed by atoms with E-state index in [9.17, 15) is 0 Å². The van der Waals surface area contributed by atoms with Gasteiger partial charge in [-0.2, -0.15) is 5.10 Å². The summed E-state index contributed by atoms with van der Waals surface area (Å²) in [7, 11) is 4.05. The lowest BCUT2D eigenvalue weighted by atomic mass is 10.1. The van der Waals surface area contributed by atoms with Crippen LogP contribution in [-0.2, 0) is 26.9 Å². The molecule has 0 spiro atoms. The fourth-order valence-corrected chi connectivity index (χ4v) is 2.38. The number of nitrogens with zero attached hydrogens (tertiary/aromatic N) is 4. The maximum Gasteiger partial charge on any atom is 0.0946 e. The van der Waals surface area contributed by atoms with Gasteiger partial charge in [0.1, 0.15) is 0 Å². The van der Waals surface area contributed by atoms with Crippen LogP contribution in [0.3, 0.4) is 0 Å². The SMILES string of the molecule is CCNC(Cc1cc(CC)nn1C)c1cncn1C. The molecule has 0 saturated heterocycles. The number of imidazole rings is 1. The molecule has 1 atom stereocenters. The molecule has 0 bridgehead atoms. The van der Waals surface area contributed by atoms with E-state index >= 15 is 0 Å². The molecule has 0 aliphatic heterocycles. The van der Waals surface area contributed by atoms with E-state index in [1.807, 2.05) is 31.3 Å². The standard InChI is InChI=1S/C14H23N5/c1-5-11-7-12(19(4)17-11)8-13(16-6-2)14-9-15-10-18(14)3/h7,9-10,13,16H,5-6,8H2,1-4H3. The molecular formula is C14H23N5. The minimum atomic E-state index is 0.276. The molecule has 104 valence electrons. The maximum atomic E-state index is 4.51. The number of hydrogen-bond acceptors (Lipinski definition) is 3. The monoisotopic (exact) mass is 261 g/mol. The molecule has 0 radical (unpaired) electrons. The Morgan fingerprint density at radius 3 is 2.63 bits per heavy atom. The van der Waals surface area contributed by atoms with Gasteiger partial charge >= 0.3 is 0 Å². The van der Waals surface area contributed by atoms with Crippen LogP contribution in [0.5, 0.6) is 0 Å². The molecule has 2 aromatic heterocycles. The molecule has 0 aliphatic carbocycles. The van der Waals surface area contributed by atoms with E-state index in [1.165, 1.54) is 11.4 Å². The van der Waals surface area contributed by atoms with E-state index in [0.717, 1.165) is 25.1 Å². The van der Waals surface area contributed by atoms with Gasteiger partial charge in [0, 0.05) is 32.4 Å². The highest BCUT2D eigenvalue weighted by molar-refractivity contribution is 5.15. The highest BCUT2D eigenvalue weighted by Gasteiger charge is 2.16. The van der Waals surface area contributed by atoms with Gasteiger partial charge in [0.25, 0.3) is 0 Å². The minimum absolute atomic E-state index is 0.276. The predicted molar refractivity (Wildman–Crippen MR) is 75.9 cm³/mol. The zero-order valence-electron chi connectivity index (χ0n) is 12.2. The maximum absolute atomic E-state index is 4.51. The fraction of sp³-hybridized carbons (Fsp3) is 0.571. The lowest BCUT2D eigenvalue weighted by molar-refractivity contribution is 0.504. The molecule has 0 saturated carbocycles. The van der Waals surface area contributed by atoms with Crippen molar-refractivity contribution in [1.29, 1.82) is 0 Å². The zero-order valence-corrected chi connectivity index (χ0v) is 12.2. The Hall–Kier alpha value is -1.62. The van der Waals surface area contributed by atoms with E-state index in [-0.39, 0.29) is 6.04 Å². The van der Waals surface area contributed by atoms with Crippen molar-refractivity contribution in [3.63, 3.8) is 0 Å². The third-order valence-corrected chi connectivity index (χ3v) is 3.46. The topological polar surface area (TPSA) is 47.7 Å². The Kier molecular flexibility index (Phi) is 4.37. The van der Waals surface area contributed by atoms with Crippen LogP contribution in [0.25, 0.3) is 0 Å². The molecule has 0 aromatic carbocycles. The molecule has 2 heterocycles. The van der Waals surface area contributed by atoms with Crippen molar-refractivity contribution in [1.82, 2.24) is 24.6 Å². The Morgan fingerprint density at radius 1 is 1.32 bits per heavy atom. The van der Waals surface area contributed by atoms with Gasteiger partial charge in [-0.25, -0.2) is 4.98 Å². The summed E-state index contributed by atoms with van der Waals surface area (Å²) in [5.41, 5.74) is 3.61. The highest BCUT2D eigenvalue weighted by atomic mass is 15.3. The Labute approximate surface area is 114 Å². The largest absolute Gasteiger partial charge is 0.336 e. The second-order valence-corrected chi connectivity index (χ2v) is 4.85. The number of nitrogens with one attached hydrogen (secondary N) is 1. The van der Waals surface area contributed by atoms with Crippen LogP contribution < -0.4 is 5.32 Å². The lowest BCUT2D eigenvalue weighted by Gasteiger charge is -2.18. The van der Waals surface area contributed by atoms with Gasteiger partial charge in [0.15, 0.2) is 0 Å². The van der Waals surface area contributed by atoms with Crippen LogP contribution >= 0.6 is 0 Å². The second-order valence-electron chi connectivity index (χ2n) is 4.85. The highest BCUT2D eigenvalue weighted by Crippen LogP contribution is 2.18. The quantitative estimate of drug-likeness (QED) is 0.859. The van der Waals surface area contributed by atoms with Crippen molar-refractivity contribution in [2.24, 2.45) is 14.1 Å². The van der Waals surface area contributed by atoms with Crippen molar-refractivity contribution in [2.45, 2.75) is 32.7 Å². The van der Waals surface area contributed by atoms with E-state index in [4.69, 9.17) is 0 Å². The molecule has 5 nitrogen and oxygen atoms in total. The number of aryl methyl sites for hydroxylation is 3. The summed E-state index contributed by atoms with van der Waals surface area (Å²) in [5, 5.41) is 8.04. The molecule has 2 aromatic rings. The Bertz CT molecular complexity index is 526. The van der Waals surface area contributed by atoms with Gasteiger partial charge in [0.05, 0.1) is 23.8 Å². The number of likely N-dealkylation sites (N-methyl/N-ethyl adjacent to an activating group) is 1. The summed E-state index contributed by atoms with van der Waals surface area (Å²) in [6.45, 7) is 5.20. The normalized spacial score (nSPS) is 12.8. The van der Waals surface area contributed by atoms with Gasteiger partial charge in [-0.15, -0.1) is 0 Å². The molecule has 2 rings (SSSR count). The average Bonchev–Trinajstić information content (AvgIpc) is 2.96. The van der Waals surface area contributed by atoms with Gasteiger partial charge in [-0.1, -0.05) is 13.8 Å². The van der Waals surface area contributed by atoms with Crippen molar-refractivity contribution < 1.29 is 0 Å². The number of aromatic nitrogens is 4. The molecule has 5 heteroatoms. The Morgan fingerprint density at radius 2 is 2.11 bits per heavy atom. The number of hydrogen-bond donors (Lipinski definition) is 1. The van der Waals surface area contributed by atoms with Crippen LogP contribution in [0.1, 0.15) is 37.0 Å². The van der Waals surface area contributed by atoms with Gasteiger partial charge in [-0.3, -0.25) is 4.68 Å². The van der Waals surface area contributed by atoms with Crippen LogP contribution in [0.4, 0.5) is 0 Å². The fourth-order valence-electron chi connectivity index (χ4n) is 2.38. The summed E-state index contributed by atoms with van der Waals surface area (Å²) in [6, 6.07) is 2.47. The smallest absolute Gasteiger partial charge is 0.0946 e. The van der Waals surface area contributed by atoms with E-state index in [1.54, 1.807) is 0 Å².